The largest absolute Gasteiger partial charge is 0.468 e. The third kappa shape index (κ3) is 7.94. The molecule has 0 heterocycles. The number of carbonyl (C=O) groups excluding carboxylic acids is 2. The van der Waals surface area contributed by atoms with Crippen molar-refractivity contribution in [1.82, 2.24) is 0 Å². The number of esters is 1. The summed E-state index contributed by atoms with van der Waals surface area (Å²) in [6, 6.07) is 14.1. The number of allylic oxidation sites excluding steroid dienone is 1. The molecule has 0 N–H and O–H groups in total. The fourth-order valence-electron chi connectivity index (χ4n) is 7.24. The molecular weight excluding hydrogens is 472 g/mol. The van der Waals surface area contributed by atoms with Crippen LogP contribution < -0.4 is 0 Å². The van der Waals surface area contributed by atoms with Gasteiger partial charge in [0.2, 0.25) is 0 Å². The predicted octanol–water partition coefficient (Wildman–Crippen LogP) is 8.17. The molecule has 2 aromatic carbocycles. The van der Waals surface area contributed by atoms with Crippen LogP contribution in [0, 0.1) is 23.7 Å². The molecule has 0 bridgehead atoms. The van der Waals surface area contributed by atoms with Crippen LogP contribution in [0.5, 0.6) is 0 Å². The van der Waals surface area contributed by atoms with Gasteiger partial charge in [-0.1, -0.05) is 42.5 Å². The molecule has 38 heavy (non-hydrogen) atoms. The van der Waals surface area contributed by atoms with E-state index in [4.69, 9.17) is 9.47 Å². The van der Waals surface area contributed by atoms with E-state index in [-0.39, 0.29) is 5.97 Å². The van der Waals surface area contributed by atoms with Gasteiger partial charge in [0.25, 0.3) is 6.47 Å². The number of benzene rings is 2. The molecule has 2 fully saturated rings. The maximum atomic E-state index is 11.2. The highest BCUT2D eigenvalue weighted by atomic mass is 16.5. The van der Waals surface area contributed by atoms with E-state index in [2.05, 4.69) is 43.0 Å². The lowest BCUT2D eigenvalue weighted by molar-refractivity contribution is -0.141. The Labute approximate surface area is 229 Å². The number of hydrogen-bond acceptors (Lipinski definition) is 4. The Morgan fingerprint density at radius 1 is 0.921 bits per heavy atom. The molecule has 4 rings (SSSR count). The zero-order chi connectivity index (χ0) is 26.7. The lowest BCUT2D eigenvalue weighted by Crippen LogP contribution is -2.29. The van der Waals surface area contributed by atoms with E-state index in [0.29, 0.717) is 37.4 Å². The lowest BCUT2D eigenvalue weighted by Gasteiger charge is -2.40. The maximum absolute atomic E-state index is 11.2. The minimum absolute atomic E-state index is 0.218. The average Bonchev–Trinajstić information content (AvgIpc) is 2.95. The molecule has 4 heteroatoms. The van der Waals surface area contributed by atoms with Gasteiger partial charge in [-0.15, -0.1) is 6.58 Å². The van der Waals surface area contributed by atoms with Gasteiger partial charge in [-0.05, 0) is 129 Å². The number of fused-ring (bicyclic) bond motifs is 1. The minimum Gasteiger partial charge on any atom is -0.468 e. The van der Waals surface area contributed by atoms with Crippen LogP contribution in [0.25, 0.3) is 10.8 Å². The zero-order valence-corrected chi connectivity index (χ0v) is 23.2. The van der Waals surface area contributed by atoms with E-state index in [1.807, 2.05) is 6.08 Å². The maximum Gasteiger partial charge on any atom is 0.302 e. The molecule has 2 saturated carbocycles. The van der Waals surface area contributed by atoms with E-state index in [1.54, 1.807) is 0 Å². The van der Waals surface area contributed by atoms with Crippen molar-refractivity contribution in [3.05, 3.63) is 60.2 Å². The summed E-state index contributed by atoms with van der Waals surface area (Å²) in [5, 5.41) is 2.72. The summed E-state index contributed by atoms with van der Waals surface area (Å²) in [4.78, 5) is 21.8. The predicted molar refractivity (Wildman–Crippen MR) is 154 cm³/mol. The number of hydrogen-bond donors (Lipinski definition) is 0. The van der Waals surface area contributed by atoms with Gasteiger partial charge in [0.15, 0.2) is 0 Å². The Bertz CT molecular complexity index is 1040. The molecule has 0 aliphatic heterocycles. The Morgan fingerprint density at radius 3 is 2.26 bits per heavy atom. The summed E-state index contributed by atoms with van der Waals surface area (Å²) >= 11 is 0. The third-order valence-corrected chi connectivity index (χ3v) is 9.43. The molecular formula is C34H46O4. The number of ether oxygens (including phenoxy) is 2. The van der Waals surface area contributed by atoms with E-state index in [9.17, 15) is 9.59 Å². The fraction of sp³-hybridized carbons (Fsp3) is 0.588. The van der Waals surface area contributed by atoms with Crippen molar-refractivity contribution in [2.75, 3.05) is 13.2 Å². The molecule has 2 aromatic rings. The van der Waals surface area contributed by atoms with Gasteiger partial charge < -0.3 is 9.47 Å². The zero-order valence-electron chi connectivity index (χ0n) is 23.2. The van der Waals surface area contributed by atoms with Crippen molar-refractivity contribution < 1.29 is 19.1 Å². The summed E-state index contributed by atoms with van der Waals surface area (Å²) in [5.74, 6) is 3.27. The van der Waals surface area contributed by atoms with Gasteiger partial charge >= 0.3 is 5.97 Å². The van der Waals surface area contributed by atoms with Crippen molar-refractivity contribution >= 4 is 23.2 Å². The molecule has 1 atom stereocenters. The van der Waals surface area contributed by atoms with Crippen LogP contribution in [0.2, 0.25) is 0 Å². The Morgan fingerprint density at radius 2 is 1.58 bits per heavy atom. The standard InChI is InChI=1S/C34H46O4/c1-3-4-5-26-6-7-34-23-33(17-16-32(34)22-26)30-14-12-28(13-15-30)27-8-10-29(11-9-27)31(18-20-37-24-35)19-21-38-25(2)36/h3,6-7,16-17,22-24,27-31H,1,4-5,8-15,18-21H2,2H3. The first-order valence-corrected chi connectivity index (χ1v) is 14.9. The third-order valence-electron chi connectivity index (χ3n) is 9.43. The van der Waals surface area contributed by atoms with Crippen LogP contribution in [-0.2, 0) is 25.5 Å². The minimum atomic E-state index is -0.218. The van der Waals surface area contributed by atoms with Crippen LogP contribution in [0.15, 0.2) is 49.1 Å². The monoisotopic (exact) mass is 518 g/mol. The SMILES string of the molecule is C=CCCc1ccc2cc(C3CCC(C4CCC(C(CCOC=O)CCOC(C)=O)CC4)CC3)ccc2c1. The van der Waals surface area contributed by atoms with E-state index < -0.39 is 0 Å². The van der Waals surface area contributed by atoms with Gasteiger partial charge in [-0.2, -0.15) is 0 Å². The molecule has 0 radical (unpaired) electrons. The number of rotatable bonds is 13. The fourth-order valence-corrected chi connectivity index (χ4v) is 7.24. The van der Waals surface area contributed by atoms with Crippen LogP contribution in [0.3, 0.4) is 0 Å². The summed E-state index contributed by atoms with van der Waals surface area (Å²) in [6.45, 7) is 6.78. The van der Waals surface area contributed by atoms with Gasteiger partial charge in [0.05, 0.1) is 13.2 Å². The molecule has 206 valence electrons. The second-order valence-corrected chi connectivity index (χ2v) is 11.7. The van der Waals surface area contributed by atoms with Crippen molar-refractivity contribution in [2.45, 2.75) is 89.9 Å². The topological polar surface area (TPSA) is 52.6 Å². The van der Waals surface area contributed by atoms with Gasteiger partial charge in [0, 0.05) is 6.92 Å². The molecule has 4 nitrogen and oxygen atoms in total. The molecule has 0 aromatic heterocycles. The van der Waals surface area contributed by atoms with E-state index in [1.165, 1.54) is 80.2 Å². The van der Waals surface area contributed by atoms with E-state index in [0.717, 1.165) is 37.5 Å². The van der Waals surface area contributed by atoms with Crippen molar-refractivity contribution in [2.24, 2.45) is 23.7 Å². The number of carbonyl (C=O) groups is 2. The van der Waals surface area contributed by atoms with Crippen molar-refractivity contribution in [3.63, 3.8) is 0 Å². The molecule has 0 amide bonds. The summed E-state index contributed by atoms with van der Waals surface area (Å²) < 4.78 is 10.2. The quantitative estimate of drug-likeness (QED) is 0.116. The molecule has 0 saturated heterocycles. The normalized spacial score (nSPS) is 24.4. The smallest absolute Gasteiger partial charge is 0.302 e. The molecule has 2 aliphatic rings. The molecule has 0 spiro atoms. The highest BCUT2D eigenvalue weighted by molar-refractivity contribution is 5.84. The first-order chi connectivity index (χ1) is 18.6. The highest BCUT2D eigenvalue weighted by Gasteiger charge is 2.33. The van der Waals surface area contributed by atoms with Crippen molar-refractivity contribution in [3.8, 4) is 0 Å². The second-order valence-electron chi connectivity index (χ2n) is 11.7. The first kappa shape index (κ1) is 28.4. The molecule has 1 unspecified atom stereocenters. The Balaban J connectivity index is 1.26. The number of aryl methyl sites for hydroxylation is 1. The van der Waals surface area contributed by atoms with Crippen molar-refractivity contribution in [1.29, 1.82) is 0 Å². The van der Waals surface area contributed by atoms with Crippen LogP contribution in [0.4, 0.5) is 0 Å². The lowest BCUT2D eigenvalue weighted by atomic mass is 9.66. The van der Waals surface area contributed by atoms with E-state index >= 15 is 0 Å². The second kappa shape index (κ2) is 14.5. The first-order valence-electron chi connectivity index (χ1n) is 14.9. The Hall–Kier alpha value is -2.62. The molecule has 2 aliphatic carbocycles. The van der Waals surface area contributed by atoms with Gasteiger partial charge in [-0.25, -0.2) is 0 Å². The summed E-state index contributed by atoms with van der Waals surface area (Å²) in [5.41, 5.74) is 2.91. The average molecular weight is 519 g/mol. The summed E-state index contributed by atoms with van der Waals surface area (Å²) in [6.07, 6.45) is 16.2. The highest BCUT2D eigenvalue weighted by Crippen LogP contribution is 2.46. The summed E-state index contributed by atoms with van der Waals surface area (Å²) in [7, 11) is 0. The van der Waals surface area contributed by atoms with Crippen LogP contribution in [-0.4, -0.2) is 25.7 Å². The van der Waals surface area contributed by atoms with Crippen LogP contribution in [0.1, 0.15) is 94.6 Å². The Kier molecular flexibility index (Phi) is 10.8. The van der Waals surface area contributed by atoms with Gasteiger partial charge in [-0.3, -0.25) is 9.59 Å². The van der Waals surface area contributed by atoms with Gasteiger partial charge in [0.1, 0.15) is 0 Å². The van der Waals surface area contributed by atoms with Crippen LogP contribution >= 0.6 is 0 Å².